The van der Waals surface area contributed by atoms with Crippen LogP contribution in [0, 0.1) is 0 Å². The molecule has 0 aromatic carbocycles. The molecule has 0 aliphatic carbocycles. The molecule has 0 bridgehead atoms. The van der Waals surface area contributed by atoms with E-state index >= 15 is 0 Å². The Bertz CT molecular complexity index is 254. The van der Waals surface area contributed by atoms with Crippen molar-refractivity contribution < 1.29 is 22.8 Å². The first kappa shape index (κ1) is 11.4. The van der Waals surface area contributed by atoms with Gasteiger partial charge >= 0.3 is 5.51 Å². The summed E-state index contributed by atoms with van der Waals surface area (Å²) < 4.78 is 35.1. The van der Waals surface area contributed by atoms with Gasteiger partial charge in [-0.3, -0.25) is 9.59 Å². The summed E-state index contributed by atoms with van der Waals surface area (Å²) in [4.78, 5) is 22.8. The molecule has 1 amide bonds. The zero-order valence-electron chi connectivity index (χ0n) is 7.13. The summed E-state index contributed by atoms with van der Waals surface area (Å²) in [5, 5.41) is 0. The number of hydrogen-bond donors (Lipinski definition) is 0. The van der Waals surface area contributed by atoms with Crippen LogP contribution in [-0.2, 0) is 9.59 Å². The number of hydrogen-bond acceptors (Lipinski definition) is 3. The number of nitrogens with zero attached hydrogens (tertiary/aromatic N) is 1. The van der Waals surface area contributed by atoms with E-state index in [9.17, 15) is 22.8 Å². The van der Waals surface area contributed by atoms with E-state index in [0.717, 1.165) is 4.90 Å². The van der Waals surface area contributed by atoms with E-state index in [1.165, 1.54) is 0 Å². The SMILES string of the molecule is O=C1CCN(CCSC(F)(F)F)C1=O. The van der Waals surface area contributed by atoms with Crippen molar-refractivity contribution in [3.05, 3.63) is 0 Å². The first-order valence-corrected chi connectivity index (χ1v) is 4.91. The summed E-state index contributed by atoms with van der Waals surface area (Å²) in [5.74, 6) is -1.39. The lowest BCUT2D eigenvalue weighted by Crippen LogP contribution is -2.30. The average Bonchev–Trinajstić information content (AvgIpc) is 2.33. The third-order valence-electron chi connectivity index (χ3n) is 1.76. The van der Waals surface area contributed by atoms with E-state index in [0.29, 0.717) is 0 Å². The predicted molar refractivity (Wildman–Crippen MR) is 44.7 cm³/mol. The molecule has 1 fully saturated rings. The number of rotatable bonds is 3. The predicted octanol–water partition coefficient (Wildman–Crippen LogP) is 1.04. The number of thioether (sulfide) groups is 1. The summed E-state index contributed by atoms with van der Waals surface area (Å²) in [5.41, 5.74) is -4.27. The molecule has 80 valence electrons. The number of carbonyl (C=O) groups excluding carboxylic acids is 2. The maximum atomic E-state index is 11.7. The lowest BCUT2D eigenvalue weighted by Gasteiger charge is -2.14. The fourth-order valence-electron chi connectivity index (χ4n) is 1.11. The van der Waals surface area contributed by atoms with E-state index in [-0.39, 0.29) is 37.0 Å². The molecule has 0 unspecified atom stereocenters. The largest absolute Gasteiger partial charge is 0.441 e. The van der Waals surface area contributed by atoms with Crippen LogP contribution < -0.4 is 0 Å². The maximum Gasteiger partial charge on any atom is 0.441 e. The van der Waals surface area contributed by atoms with Gasteiger partial charge in [0.05, 0.1) is 0 Å². The van der Waals surface area contributed by atoms with Crippen molar-refractivity contribution in [3.8, 4) is 0 Å². The van der Waals surface area contributed by atoms with Gasteiger partial charge < -0.3 is 4.90 Å². The summed E-state index contributed by atoms with van der Waals surface area (Å²) >= 11 is -0.182. The fraction of sp³-hybridized carbons (Fsp3) is 0.714. The first-order valence-electron chi connectivity index (χ1n) is 3.93. The molecule has 14 heavy (non-hydrogen) atoms. The highest BCUT2D eigenvalue weighted by atomic mass is 32.2. The normalized spacial score (nSPS) is 18.1. The van der Waals surface area contributed by atoms with Gasteiger partial charge in [-0.25, -0.2) is 0 Å². The Morgan fingerprint density at radius 2 is 2.00 bits per heavy atom. The van der Waals surface area contributed by atoms with Crippen LogP contribution in [-0.4, -0.2) is 40.9 Å². The number of ketones is 1. The summed E-state index contributed by atoms with van der Waals surface area (Å²) in [6, 6.07) is 0. The van der Waals surface area contributed by atoms with Gasteiger partial charge in [-0.1, -0.05) is 0 Å². The highest BCUT2D eigenvalue weighted by molar-refractivity contribution is 8.00. The van der Waals surface area contributed by atoms with E-state index in [2.05, 4.69) is 0 Å². The van der Waals surface area contributed by atoms with Crippen LogP contribution in [0.4, 0.5) is 13.2 Å². The molecule has 1 aliphatic heterocycles. The minimum absolute atomic E-state index is 0.0191. The molecule has 0 aromatic heterocycles. The average molecular weight is 227 g/mol. The number of Topliss-reactive ketones (excluding diaryl/α,β-unsaturated/α-hetero) is 1. The van der Waals surface area contributed by atoms with Crippen molar-refractivity contribution in [1.29, 1.82) is 0 Å². The second kappa shape index (κ2) is 4.20. The van der Waals surface area contributed by atoms with E-state index in [1.54, 1.807) is 0 Å². The molecule has 0 saturated carbocycles. The monoisotopic (exact) mass is 227 g/mol. The molecule has 0 aromatic rings. The number of halogens is 3. The van der Waals surface area contributed by atoms with Gasteiger partial charge in [-0.05, 0) is 11.8 Å². The third kappa shape index (κ3) is 3.21. The minimum atomic E-state index is -4.27. The smallest absolute Gasteiger partial charge is 0.335 e. The quantitative estimate of drug-likeness (QED) is 0.676. The van der Waals surface area contributed by atoms with Crippen LogP contribution in [0.1, 0.15) is 6.42 Å². The highest BCUT2D eigenvalue weighted by Crippen LogP contribution is 2.29. The third-order valence-corrected chi connectivity index (χ3v) is 2.48. The molecule has 1 rings (SSSR count). The zero-order valence-corrected chi connectivity index (χ0v) is 7.95. The highest BCUT2D eigenvalue weighted by Gasteiger charge is 2.31. The minimum Gasteiger partial charge on any atom is -0.335 e. The van der Waals surface area contributed by atoms with Crippen molar-refractivity contribution >= 4 is 23.5 Å². The van der Waals surface area contributed by atoms with Gasteiger partial charge in [-0.15, -0.1) is 0 Å². The van der Waals surface area contributed by atoms with Crippen molar-refractivity contribution in [1.82, 2.24) is 4.90 Å². The van der Waals surface area contributed by atoms with Gasteiger partial charge in [0, 0.05) is 25.3 Å². The fourth-order valence-corrected chi connectivity index (χ4v) is 1.65. The molecule has 1 aliphatic rings. The van der Waals surface area contributed by atoms with Crippen LogP contribution in [0.25, 0.3) is 0 Å². The van der Waals surface area contributed by atoms with Crippen molar-refractivity contribution in [2.24, 2.45) is 0 Å². The summed E-state index contributed by atoms with van der Waals surface area (Å²) in [7, 11) is 0. The molecular formula is C7H8F3NO2S. The second-order valence-corrected chi connectivity index (χ2v) is 3.92. The number of amides is 1. The van der Waals surface area contributed by atoms with Gasteiger partial charge in [0.25, 0.3) is 5.91 Å². The Kier molecular flexibility index (Phi) is 3.41. The Morgan fingerprint density at radius 3 is 2.43 bits per heavy atom. The van der Waals surface area contributed by atoms with Gasteiger partial charge in [0.2, 0.25) is 5.78 Å². The van der Waals surface area contributed by atoms with E-state index in [1.807, 2.05) is 0 Å². The van der Waals surface area contributed by atoms with Crippen molar-refractivity contribution in [3.63, 3.8) is 0 Å². The van der Waals surface area contributed by atoms with Crippen LogP contribution in [0.5, 0.6) is 0 Å². The lowest BCUT2D eigenvalue weighted by atomic mass is 10.3. The van der Waals surface area contributed by atoms with Gasteiger partial charge in [0.1, 0.15) is 0 Å². The molecular weight excluding hydrogens is 219 g/mol. The van der Waals surface area contributed by atoms with Crippen LogP contribution in [0.2, 0.25) is 0 Å². The van der Waals surface area contributed by atoms with Crippen LogP contribution in [0.15, 0.2) is 0 Å². The Labute approximate surface area is 82.6 Å². The molecule has 0 spiro atoms. The number of alkyl halides is 3. The number of carbonyl (C=O) groups is 2. The Hall–Kier alpha value is -0.720. The van der Waals surface area contributed by atoms with Gasteiger partial charge in [0.15, 0.2) is 0 Å². The van der Waals surface area contributed by atoms with Gasteiger partial charge in [-0.2, -0.15) is 13.2 Å². The summed E-state index contributed by atoms with van der Waals surface area (Å²) in [6.07, 6.45) is 0.121. The molecule has 0 radical (unpaired) electrons. The first-order chi connectivity index (χ1) is 6.40. The van der Waals surface area contributed by atoms with Crippen LogP contribution in [0.3, 0.4) is 0 Å². The molecule has 7 heteroatoms. The van der Waals surface area contributed by atoms with Crippen molar-refractivity contribution in [2.75, 3.05) is 18.8 Å². The Balaban J connectivity index is 2.26. The van der Waals surface area contributed by atoms with Crippen LogP contribution >= 0.6 is 11.8 Å². The standard InChI is InChI=1S/C7H8F3NO2S/c8-7(9,10)14-4-3-11-2-1-5(12)6(11)13/h1-4H2. The molecule has 0 N–H and O–H groups in total. The van der Waals surface area contributed by atoms with E-state index < -0.39 is 17.2 Å². The zero-order chi connectivity index (χ0) is 10.8. The second-order valence-electron chi connectivity index (χ2n) is 2.76. The number of likely N-dealkylation sites (tertiary alicyclic amines) is 1. The lowest BCUT2D eigenvalue weighted by molar-refractivity contribution is -0.139. The molecule has 3 nitrogen and oxygen atoms in total. The molecule has 1 saturated heterocycles. The van der Waals surface area contributed by atoms with E-state index in [4.69, 9.17) is 0 Å². The Morgan fingerprint density at radius 1 is 1.36 bits per heavy atom. The summed E-state index contributed by atoms with van der Waals surface area (Å²) in [6.45, 7) is 0.227. The topological polar surface area (TPSA) is 37.4 Å². The maximum absolute atomic E-state index is 11.7. The molecule has 0 atom stereocenters. The van der Waals surface area contributed by atoms with Crippen molar-refractivity contribution in [2.45, 2.75) is 11.9 Å². The molecule has 1 heterocycles.